The summed E-state index contributed by atoms with van der Waals surface area (Å²) in [5, 5.41) is 0.740. The lowest BCUT2D eigenvalue weighted by atomic mass is 10.1. The number of para-hydroxylation sites is 1. The van der Waals surface area contributed by atoms with Crippen molar-refractivity contribution in [2.45, 2.75) is 26.3 Å². The maximum absolute atomic E-state index is 13.1. The average Bonchev–Trinajstić information content (AvgIpc) is 2.97. The molecule has 0 spiro atoms. The molecule has 0 N–H and O–H groups in total. The van der Waals surface area contributed by atoms with Crippen molar-refractivity contribution < 1.29 is 9.59 Å². The second-order valence-electron chi connectivity index (χ2n) is 7.55. The molecule has 4 rings (SSSR count). The minimum Gasteiger partial charge on any atom is -0.368 e. The van der Waals surface area contributed by atoms with E-state index in [1.54, 1.807) is 0 Å². The Balaban J connectivity index is 1.47. The Hall–Kier alpha value is -2.37. The van der Waals surface area contributed by atoms with Gasteiger partial charge in [-0.25, -0.2) is 4.90 Å². The number of rotatable bonds is 3. The fourth-order valence-corrected chi connectivity index (χ4v) is 4.45. The summed E-state index contributed by atoms with van der Waals surface area (Å²) in [5.41, 5.74) is 3.80. The van der Waals surface area contributed by atoms with Crippen molar-refractivity contribution in [1.29, 1.82) is 0 Å². The van der Waals surface area contributed by atoms with Crippen molar-refractivity contribution in [3.63, 3.8) is 0 Å². The SMILES string of the molecule is Cc1ccc(N2C(=O)C[C@H](N3CCN(c4ccccc4Cl)CC3)C2=O)c(C)c1. The first kappa shape index (κ1) is 19.0. The van der Waals surface area contributed by atoms with Crippen LogP contribution in [0, 0.1) is 13.8 Å². The molecule has 2 saturated heterocycles. The molecule has 0 saturated carbocycles. The number of piperazine rings is 1. The summed E-state index contributed by atoms with van der Waals surface area (Å²) in [4.78, 5) is 31.5. The molecule has 6 heteroatoms. The van der Waals surface area contributed by atoms with Gasteiger partial charge in [-0.3, -0.25) is 14.5 Å². The van der Waals surface area contributed by atoms with E-state index in [2.05, 4.69) is 9.80 Å². The van der Waals surface area contributed by atoms with Crippen molar-refractivity contribution in [1.82, 2.24) is 4.90 Å². The fraction of sp³-hybridized carbons (Fsp3) is 0.364. The Morgan fingerprint density at radius 1 is 0.929 bits per heavy atom. The normalized spacial score (nSPS) is 20.9. The van der Waals surface area contributed by atoms with E-state index in [1.807, 2.05) is 56.3 Å². The molecule has 0 unspecified atom stereocenters. The van der Waals surface area contributed by atoms with Gasteiger partial charge in [0.15, 0.2) is 0 Å². The van der Waals surface area contributed by atoms with Crippen LogP contribution in [0.1, 0.15) is 17.5 Å². The number of benzene rings is 2. The van der Waals surface area contributed by atoms with E-state index in [1.165, 1.54) is 4.90 Å². The minimum atomic E-state index is -0.374. The van der Waals surface area contributed by atoms with Crippen molar-refractivity contribution in [3.8, 4) is 0 Å². The van der Waals surface area contributed by atoms with Gasteiger partial charge in [0.2, 0.25) is 5.91 Å². The Morgan fingerprint density at radius 3 is 2.32 bits per heavy atom. The number of imide groups is 1. The summed E-state index contributed by atoms with van der Waals surface area (Å²) in [7, 11) is 0. The predicted octanol–water partition coefficient (Wildman–Crippen LogP) is 3.41. The van der Waals surface area contributed by atoms with Crippen LogP contribution in [-0.2, 0) is 9.59 Å². The molecule has 0 aliphatic carbocycles. The lowest BCUT2D eigenvalue weighted by Crippen LogP contribution is -2.52. The Kier molecular flexibility index (Phi) is 5.13. The van der Waals surface area contributed by atoms with Crippen LogP contribution in [0.2, 0.25) is 5.02 Å². The third-order valence-corrected chi connectivity index (χ3v) is 5.98. The molecule has 1 atom stereocenters. The monoisotopic (exact) mass is 397 g/mol. The van der Waals surface area contributed by atoms with E-state index < -0.39 is 0 Å². The molecular weight excluding hydrogens is 374 g/mol. The number of hydrogen-bond acceptors (Lipinski definition) is 4. The zero-order chi connectivity index (χ0) is 19.8. The number of halogens is 1. The van der Waals surface area contributed by atoms with Gasteiger partial charge >= 0.3 is 0 Å². The third kappa shape index (κ3) is 3.40. The molecule has 28 heavy (non-hydrogen) atoms. The second-order valence-corrected chi connectivity index (χ2v) is 7.96. The average molecular weight is 398 g/mol. The Bertz CT molecular complexity index is 922. The third-order valence-electron chi connectivity index (χ3n) is 5.66. The first-order valence-corrected chi connectivity index (χ1v) is 10.0. The number of hydrogen-bond donors (Lipinski definition) is 0. The molecule has 2 amide bonds. The summed E-state index contributed by atoms with van der Waals surface area (Å²) >= 11 is 6.32. The van der Waals surface area contributed by atoms with Gasteiger partial charge < -0.3 is 4.90 Å². The van der Waals surface area contributed by atoms with E-state index in [-0.39, 0.29) is 24.3 Å². The molecule has 146 valence electrons. The number of amides is 2. The maximum Gasteiger partial charge on any atom is 0.251 e. The van der Waals surface area contributed by atoms with Gasteiger partial charge in [0.25, 0.3) is 5.91 Å². The summed E-state index contributed by atoms with van der Waals surface area (Å²) in [6.07, 6.45) is 0.248. The van der Waals surface area contributed by atoms with Crippen molar-refractivity contribution in [2.75, 3.05) is 36.0 Å². The first-order valence-electron chi connectivity index (χ1n) is 9.63. The van der Waals surface area contributed by atoms with Crippen LogP contribution in [0.15, 0.2) is 42.5 Å². The summed E-state index contributed by atoms with van der Waals surface area (Å²) < 4.78 is 0. The van der Waals surface area contributed by atoms with Gasteiger partial charge in [-0.2, -0.15) is 0 Å². The number of carbonyl (C=O) groups excluding carboxylic acids is 2. The largest absolute Gasteiger partial charge is 0.368 e. The van der Waals surface area contributed by atoms with Crippen molar-refractivity contribution in [2.24, 2.45) is 0 Å². The number of anilines is 2. The van der Waals surface area contributed by atoms with E-state index in [9.17, 15) is 9.59 Å². The van der Waals surface area contributed by atoms with Gasteiger partial charge in [0.1, 0.15) is 0 Å². The minimum absolute atomic E-state index is 0.108. The number of carbonyl (C=O) groups is 2. The first-order chi connectivity index (χ1) is 13.5. The van der Waals surface area contributed by atoms with E-state index in [0.29, 0.717) is 5.69 Å². The van der Waals surface area contributed by atoms with Crippen LogP contribution in [0.5, 0.6) is 0 Å². The highest BCUT2D eigenvalue weighted by Crippen LogP contribution is 2.31. The van der Waals surface area contributed by atoms with Gasteiger partial charge in [-0.1, -0.05) is 41.4 Å². The Morgan fingerprint density at radius 2 is 1.64 bits per heavy atom. The zero-order valence-electron chi connectivity index (χ0n) is 16.2. The highest BCUT2D eigenvalue weighted by atomic mass is 35.5. The van der Waals surface area contributed by atoms with Gasteiger partial charge in [0.05, 0.1) is 28.9 Å². The topological polar surface area (TPSA) is 43.9 Å². The highest BCUT2D eigenvalue weighted by molar-refractivity contribution is 6.33. The molecule has 2 fully saturated rings. The van der Waals surface area contributed by atoms with Gasteiger partial charge in [0, 0.05) is 26.2 Å². The zero-order valence-corrected chi connectivity index (χ0v) is 16.9. The van der Waals surface area contributed by atoms with Crippen LogP contribution in [0.3, 0.4) is 0 Å². The van der Waals surface area contributed by atoms with Crippen LogP contribution < -0.4 is 9.80 Å². The number of aryl methyl sites for hydroxylation is 2. The van der Waals surface area contributed by atoms with Crippen LogP contribution >= 0.6 is 11.6 Å². The molecule has 5 nitrogen and oxygen atoms in total. The van der Waals surface area contributed by atoms with Crippen LogP contribution in [0.4, 0.5) is 11.4 Å². The molecule has 2 heterocycles. The molecule has 0 bridgehead atoms. The maximum atomic E-state index is 13.1. The predicted molar refractivity (Wildman–Crippen MR) is 112 cm³/mol. The van der Waals surface area contributed by atoms with Crippen molar-refractivity contribution >= 4 is 34.8 Å². The molecule has 2 aromatic rings. The molecular formula is C22H24ClN3O2. The molecule has 2 aliphatic rings. The van der Waals surface area contributed by atoms with Gasteiger partial charge in [-0.15, -0.1) is 0 Å². The van der Waals surface area contributed by atoms with E-state index in [4.69, 9.17) is 11.6 Å². The fourth-order valence-electron chi connectivity index (χ4n) is 4.19. The summed E-state index contributed by atoms with van der Waals surface area (Å²) in [6, 6.07) is 13.3. The summed E-state index contributed by atoms with van der Waals surface area (Å²) in [6.45, 7) is 6.98. The second kappa shape index (κ2) is 7.57. The molecule has 2 aromatic carbocycles. The summed E-state index contributed by atoms with van der Waals surface area (Å²) in [5.74, 6) is -0.223. The lowest BCUT2D eigenvalue weighted by molar-refractivity contribution is -0.123. The standard InChI is InChI=1S/C22H24ClN3O2/c1-15-7-8-18(16(2)13-15)26-21(27)14-20(22(26)28)25-11-9-24(10-12-25)19-6-4-3-5-17(19)23/h3-8,13,20H,9-12,14H2,1-2H3/t20-/m0/s1. The van der Waals surface area contributed by atoms with E-state index in [0.717, 1.165) is 48.0 Å². The lowest BCUT2D eigenvalue weighted by Gasteiger charge is -2.38. The molecule has 0 aromatic heterocycles. The Labute approximate surface area is 170 Å². The number of nitrogens with zero attached hydrogens (tertiary/aromatic N) is 3. The van der Waals surface area contributed by atoms with E-state index >= 15 is 0 Å². The van der Waals surface area contributed by atoms with Crippen LogP contribution in [-0.4, -0.2) is 48.9 Å². The smallest absolute Gasteiger partial charge is 0.251 e. The highest BCUT2D eigenvalue weighted by Gasteiger charge is 2.43. The molecule has 0 radical (unpaired) electrons. The van der Waals surface area contributed by atoms with Crippen molar-refractivity contribution in [3.05, 3.63) is 58.6 Å². The quantitative estimate of drug-likeness (QED) is 0.744. The van der Waals surface area contributed by atoms with Crippen LogP contribution in [0.25, 0.3) is 0 Å². The van der Waals surface area contributed by atoms with Gasteiger partial charge in [-0.05, 0) is 37.6 Å². The molecule has 2 aliphatic heterocycles.